The topological polar surface area (TPSA) is 35.2 Å². The average molecular weight is 239 g/mol. The van der Waals surface area contributed by atoms with E-state index in [1.54, 1.807) is 0 Å². The van der Waals surface area contributed by atoms with Gasteiger partial charge >= 0.3 is 0 Å². The summed E-state index contributed by atoms with van der Waals surface area (Å²) in [5, 5.41) is 0. The van der Waals surface area contributed by atoms with Crippen molar-refractivity contribution in [2.75, 3.05) is 6.54 Å². The molecule has 2 N–H and O–H groups in total. The molecule has 2 nitrogen and oxygen atoms in total. The van der Waals surface area contributed by atoms with Crippen LogP contribution >= 0.6 is 0 Å². The van der Waals surface area contributed by atoms with E-state index in [2.05, 4.69) is 6.92 Å². The van der Waals surface area contributed by atoms with Crippen molar-refractivity contribution in [3.63, 3.8) is 0 Å². The lowest BCUT2D eigenvalue weighted by Gasteiger charge is -2.36. The van der Waals surface area contributed by atoms with Gasteiger partial charge in [0.15, 0.2) is 0 Å². The number of rotatable bonds is 3. The van der Waals surface area contributed by atoms with Crippen molar-refractivity contribution in [3.05, 3.63) is 0 Å². The van der Waals surface area contributed by atoms with Crippen molar-refractivity contribution in [1.82, 2.24) is 0 Å². The van der Waals surface area contributed by atoms with Crippen LogP contribution in [0.1, 0.15) is 71.1 Å². The summed E-state index contributed by atoms with van der Waals surface area (Å²) in [5.41, 5.74) is 6.51. The molecule has 0 bridgehead atoms. The smallest absolute Gasteiger partial charge is 0.0585 e. The third-order valence-electron chi connectivity index (χ3n) is 4.83. The summed E-state index contributed by atoms with van der Waals surface area (Å²) in [5.74, 6) is 0. The predicted molar refractivity (Wildman–Crippen MR) is 72.0 cm³/mol. The highest BCUT2D eigenvalue weighted by atomic mass is 16.5. The van der Waals surface area contributed by atoms with Gasteiger partial charge in [-0.15, -0.1) is 0 Å². The van der Waals surface area contributed by atoms with Gasteiger partial charge in [-0.3, -0.25) is 0 Å². The Morgan fingerprint density at radius 1 is 1.06 bits per heavy atom. The third-order valence-corrected chi connectivity index (χ3v) is 4.83. The van der Waals surface area contributed by atoms with Crippen LogP contribution in [-0.2, 0) is 4.74 Å². The molecule has 100 valence electrons. The molecule has 2 atom stereocenters. The Morgan fingerprint density at radius 3 is 2.24 bits per heavy atom. The minimum Gasteiger partial charge on any atom is -0.375 e. The van der Waals surface area contributed by atoms with Gasteiger partial charge in [0, 0.05) is 0 Å². The highest BCUT2D eigenvalue weighted by Crippen LogP contribution is 2.40. The SMILES string of the molecule is CC1CCC(CC2(CN)CCCCCCC2)O1. The van der Waals surface area contributed by atoms with Gasteiger partial charge in [-0.05, 0) is 51.0 Å². The molecule has 0 radical (unpaired) electrons. The van der Waals surface area contributed by atoms with E-state index in [0.717, 1.165) is 6.54 Å². The van der Waals surface area contributed by atoms with Crippen molar-refractivity contribution < 1.29 is 4.74 Å². The summed E-state index contributed by atoms with van der Waals surface area (Å²) in [6.45, 7) is 3.06. The number of hydrogen-bond acceptors (Lipinski definition) is 2. The maximum absolute atomic E-state index is 6.12. The van der Waals surface area contributed by atoms with Gasteiger partial charge in [0.1, 0.15) is 0 Å². The Balaban J connectivity index is 1.91. The van der Waals surface area contributed by atoms with Crippen LogP contribution in [0.15, 0.2) is 0 Å². The fourth-order valence-corrected chi connectivity index (χ4v) is 3.67. The zero-order valence-corrected chi connectivity index (χ0v) is 11.4. The van der Waals surface area contributed by atoms with E-state index in [1.165, 1.54) is 64.2 Å². The van der Waals surface area contributed by atoms with Crippen molar-refractivity contribution >= 4 is 0 Å². The van der Waals surface area contributed by atoms with Gasteiger partial charge < -0.3 is 10.5 Å². The van der Waals surface area contributed by atoms with E-state index in [4.69, 9.17) is 10.5 Å². The molecule has 1 aliphatic heterocycles. The zero-order chi connectivity index (χ0) is 12.1. The molecule has 2 fully saturated rings. The first-order chi connectivity index (χ1) is 8.24. The second kappa shape index (κ2) is 6.19. The summed E-state index contributed by atoms with van der Waals surface area (Å²) in [6, 6.07) is 0. The Labute approximate surface area is 106 Å². The van der Waals surface area contributed by atoms with Crippen LogP contribution < -0.4 is 5.73 Å². The Hall–Kier alpha value is -0.0800. The molecular formula is C15H29NO. The molecule has 1 saturated carbocycles. The highest BCUT2D eigenvalue weighted by molar-refractivity contribution is 4.86. The molecule has 0 aromatic carbocycles. The van der Waals surface area contributed by atoms with E-state index in [9.17, 15) is 0 Å². The highest BCUT2D eigenvalue weighted by Gasteiger charge is 2.34. The lowest BCUT2D eigenvalue weighted by Crippen LogP contribution is -2.35. The lowest BCUT2D eigenvalue weighted by molar-refractivity contribution is 0.0162. The summed E-state index contributed by atoms with van der Waals surface area (Å²) < 4.78 is 6.01. The van der Waals surface area contributed by atoms with Crippen molar-refractivity contribution in [2.24, 2.45) is 11.1 Å². The van der Waals surface area contributed by atoms with Gasteiger partial charge in [-0.1, -0.05) is 32.1 Å². The average Bonchev–Trinajstić information content (AvgIpc) is 2.68. The molecule has 1 heterocycles. The van der Waals surface area contributed by atoms with E-state index in [1.807, 2.05) is 0 Å². The fourth-order valence-electron chi connectivity index (χ4n) is 3.67. The lowest BCUT2D eigenvalue weighted by atomic mass is 9.72. The van der Waals surface area contributed by atoms with Crippen LogP contribution in [0.2, 0.25) is 0 Å². The molecule has 2 unspecified atom stereocenters. The maximum atomic E-state index is 6.12. The molecule has 17 heavy (non-hydrogen) atoms. The molecule has 2 aliphatic rings. The van der Waals surface area contributed by atoms with E-state index in [0.29, 0.717) is 17.6 Å². The first kappa shape index (κ1) is 13.4. The molecule has 0 spiro atoms. The molecule has 2 rings (SSSR count). The van der Waals surface area contributed by atoms with Crippen LogP contribution in [0.5, 0.6) is 0 Å². The van der Waals surface area contributed by atoms with Gasteiger partial charge in [-0.25, -0.2) is 0 Å². The minimum atomic E-state index is 0.398. The Morgan fingerprint density at radius 2 is 1.71 bits per heavy atom. The normalized spacial score (nSPS) is 34.2. The molecule has 1 saturated heterocycles. The quantitative estimate of drug-likeness (QED) is 0.816. The summed E-state index contributed by atoms with van der Waals surface area (Å²) in [4.78, 5) is 0. The summed E-state index contributed by atoms with van der Waals surface area (Å²) in [7, 11) is 0. The molecule has 0 aromatic rings. The molecule has 0 amide bonds. The largest absolute Gasteiger partial charge is 0.375 e. The molecule has 2 heteroatoms. The first-order valence-electron chi connectivity index (χ1n) is 7.60. The monoisotopic (exact) mass is 239 g/mol. The number of nitrogens with two attached hydrogens (primary N) is 1. The van der Waals surface area contributed by atoms with Gasteiger partial charge in [0.05, 0.1) is 12.2 Å². The van der Waals surface area contributed by atoms with Crippen molar-refractivity contribution in [2.45, 2.75) is 83.3 Å². The Kier molecular flexibility index (Phi) is 4.87. The second-order valence-electron chi connectivity index (χ2n) is 6.32. The van der Waals surface area contributed by atoms with Gasteiger partial charge in [-0.2, -0.15) is 0 Å². The third kappa shape index (κ3) is 3.69. The van der Waals surface area contributed by atoms with Crippen LogP contribution in [0.3, 0.4) is 0 Å². The van der Waals surface area contributed by atoms with Crippen LogP contribution in [0.4, 0.5) is 0 Å². The zero-order valence-electron chi connectivity index (χ0n) is 11.4. The van der Waals surface area contributed by atoms with Gasteiger partial charge in [0.25, 0.3) is 0 Å². The first-order valence-corrected chi connectivity index (χ1v) is 7.60. The fraction of sp³-hybridized carbons (Fsp3) is 1.00. The second-order valence-corrected chi connectivity index (χ2v) is 6.32. The van der Waals surface area contributed by atoms with Gasteiger partial charge in [0.2, 0.25) is 0 Å². The maximum Gasteiger partial charge on any atom is 0.0585 e. The Bertz CT molecular complexity index is 221. The molecular weight excluding hydrogens is 210 g/mol. The molecule has 0 aromatic heterocycles. The van der Waals surface area contributed by atoms with Crippen LogP contribution in [0, 0.1) is 5.41 Å². The number of ether oxygens (including phenoxy) is 1. The molecule has 1 aliphatic carbocycles. The standard InChI is InChI=1S/C15H29NO/c1-13-7-8-14(17-13)11-15(12-16)9-5-3-2-4-6-10-15/h13-14H,2-12,16H2,1H3. The van der Waals surface area contributed by atoms with E-state index in [-0.39, 0.29) is 0 Å². The van der Waals surface area contributed by atoms with Crippen LogP contribution in [0.25, 0.3) is 0 Å². The minimum absolute atomic E-state index is 0.398. The van der Waals surface area contributed by atoms with Crippen molar-refractivity contribution in [1.29, 1.82) is 0 Å². The predicted octanol–water partition coefficient (Wildman–Crippen LogP) is 3.63. The van der Waals surface area contributed by atoms with Crippen LogP contribution in [-0.4, -0.2) is 18.8 Å². The van der Waals surface area contributed by atoms with E-state index < -0.39 is 0 Å². The summed E-state index contributed by atoms with van der Waals surface area (Å²) >= 11 is 0. The number of hydrogen-bond donors (Lipinski definition) is 1. The van der Waals surface area contributed by atoms with Crippen molar-refractivity contribution in [3.8, 4) is 0 Å². The summed E-state index contributed by atoms with van der Waals surface area (Å²) in [6.07, 6.45) is 14.3. The van der Waals surface area contributed by atoms with E-state index >= 15 is 0 Å².